The molecule has 0 aliphatic rings. The normalized spacial score (nSPS) is 11.9. The van der Waals surface area contributed by atoms with Gasteiger partial charge in [-0.1, -0.05) is 19.9 Å². The molecule has 5 heteroatoms. The first kappa shape index (κ1) is 19.6. The number of carbonyl (C=O) groups is 1. The Balaban J connectivity index is 2.04. The topological polar surface area (TPSA) is 73.6 Å². The van der Waals surface area contributed by atoms with Gasteiger partial charge in [-0.3, -0.25) is 4.79 Å². The first-order valence-electron chi connectivity index (χ1n) is 8.88. The monoisotopic (exact) mass is 356 g/mol. The van der Waals surface area contributed by atoms with Gasteiger partial charge < -0.3 is 20.5 Å². The second-order valence-electron chi connectivity index (χ2n) is 6.76. The van der Waals surface area contributed by atoms with E-state index >= 15 is 0 Å². The number of nitrogen functional groups attached to an aromatic ring is 1. The Morgan fingerprint density at radius 2 is 1.77 bits per heavy atom. The highest BCUT2D eigenvalue weighted by molar-refractivity contribution is 5.94. The molecule has 0 fully saturated rings. The summed E-state index contributed by atoms with van der Waals surface area (Å²) in [4.78, 5) is 12.4. The van der Waals surface area contributed by atoms with E-state index in [9.17, 15) is 4.79 Å². The van der Waals surface area contributed by atoms with Gasteiger partial charge in [-0.05, 0) is 61.2 Å². The van der Waals surface area contributed by atoms with E-state index in [1.165, 1.54) is 0 Å². The predicted octanol–water partition coefficient (Wildman–Crippen LogP) is 4.19. The smallest absolute Gasteiger partial charge is 0.251 e. The van der Waals surface area contributed by atoms with Gasteiger partial charge >= 0.3 is 0 Å². The van der Waals surface area contributed by atoms with E-state index in [0.29, 0.717) is 35.3 Å². The molecule has 5 nitrogen and oxygen atoms in total. The third-order valence-electron chi connectivity index (χ3n) is 4.16. The van der Waals surface area contributed by atoms with Crippen molar-refractivity contribution in [2.24, 2.45) is 5.92 Å². The predicted molar refractivity (Wildman–Crippen MR) is 105 cm³/mol. The molecule has 0 spiro atoms. The number of nitrogens with one attached hydrogen (secondary N) is 1. The van der Waals surface area contributed by atoms with Crippen molar-refractivity contribution in [3.8, 4) is 11.5 Å². The van der Waals surface area contributed by atoms with E-state index in [-0.39, 0.29) is 11.9 Å². The molecule has 140 valence electrons. The summed E-state index contributed by atoms with van der Waals surface area (Å²) >= 11 is 0. The maximum Gasteiger partial charge on any atom is 0.251 e. The molecule has 2 aromatic rings. The van der Waals surface area contributed by atoms with Gasteiger partial charge in [-0.2, -0.15) is 0 Å². The highest BCUT2D eigenvalue weighted by atomic mass is 16.5. The zero-order valence-corrected chi connectivity index (χ0v) is 15.9. The van der Waals surface area contributed by atoms with Gasteiger partial charge in [0.25, 0.3) is 5.91 Å². The van der Waals surface area contributed by atoms with Crippen LogP contribution in [0, 0.1) is 5.92 Å². The van der Waals surface area contributed by atoms with Crippen molar-refractivity contribution in [3.05, 3.63) is 53.6 Å². The van der Waals surface area contributed by atoms with E-state index in [0.717, 1.165) is 12.0 Å². The molecule has 0 saturated carbocycles. The van der Waals surface area contributed by atoms with Crippen LogP contribution in [0.5, 0.6) is 11.5 Å². The lowest BCUT2D eigenvalue weighted by Crippen LogP contribution is -2.26. The SMILES string of the molecule is COc1cc(C(C)NC(=O)c2ccc(N)cc2)ccc1OCCC(C)C. The number of amides is 1. The van der Waals surface area contributed by atoms with Gasteiger partial charge in [-0.25, -0.2) is 0 Å². The molecule has 0 heterocycles. The van der Waals surface area contributed by atoms with Crippen LogP contribution < -0.4 is 20.5 Å². The van der Waals surface area contributed by atoms with Gasteiger partial charge in [0, 0.05) is 11.3 Å². The van der Waals surface area contributed by atoms with Crippen LogP contribution in [0.15, 0.2) is 42.5 Å². The van der Waals surface area contributed by atoms with E-state index in [2.05, 4.69) is 19.2 Å². The van der Waals surface area contributed by atoms with Crippen molar-refractivity contribution in [2.75, 3.05) is 19.5 Å². The second kappa shape index (κ2) is 9.13. The van der Waals surface area contributed by atoms with Gasteiger partial charge in [0.2, 0.25) is 0 Å². The Labute approximate surface area is 155 Å². The molecule has 3 N–H and O–H groups in total. The Morgan fingerprint density at radius 3 is 2.38 bits per heavy atom. The standard InChI is InChI=1S/C21H28N2O3/c1-14(2)11-12-26-19-10-7-17(13-20(19)25-4)15(3)23-21(24)16-5-8-18(22)9-6-16/h5-10,13-15H,11-12,22H2,1-4H3,(H,23,24). The summed E-state index contributed by atoms with van der Waals surface area (Å²) in [5.41, 5.74) is 7.81. The summed E-state index contributed by atoms with van der Waals surface area (Å²) in [6, 6.07) is 12.4. The van der Waals surface area contributed by atoms with Crippen molar-refractivity contribution in [2.45, 2.75) is 33.2 Å². The quantitative estimate of drug-likeness (QED) is 0.696. The highest BCUT2D eigenvalue weighted by Crippen LogP contribution is 2.30. The summed E-state index contributed by atoms with van der Waals surface area (Å²) in [6.45, 7) is 6.91. The average molecular weight is 356 g/mol. The molecule has 1 atom stereocenters. The van der Waals surface area contributed by atoms with Crippen LogP contribution in [-0.2, 0) is 0 Å². The van der Waals surface area contributed by atoms with E-state index in [4.69, 9.17) is 15.2 Å². The summed E-state index contributed by atoms with van der Waals surface area (Å²) in [6.07, 6.45) is 0.985. The van der Waals surface area contributed by atoms with Crippen LogP contribution in [0.1, 0.15) is 49.2 Å². The van der Waals surface area contributed by atoms with Crippen LogP contribution in [0.3, 0.4) is 0 Å². The number of rotatable bonds is 8. The van der Waals surface area contributed by atoms with Crippen molar-refractivity contribution in [3.63, 3.8) is 0 Å². The Hall–Kier alpha value is -2.69. The fraction of sp³-hybridized carbons (Fsp3) is 0.381. The zero-order chi connectivity index (χ0) is 19.1. The molecular formula is C21H28N2O3. The number of ether oxygens (including phenoxy) is 2. The molecule has 0 aromatic heterocycles. The van der Waals surface area contributed by atoms with Gasteiger partial charge in [-0.15, -0.1) is 0 Å². The average Bonchev–Trinajstić information content (AvgIpc) is 2.62. The molecule has 0 aliphatic heterocycles. The highest BCUT2D eigenvalue weighted by Gasteiger charge is 2.14. The van der Waals surface area contributed by atoms with E-state index in [1.54, 1.807) is 31.4 Å². The molecule has 0 aliphatic carbocycles. The molecular weight excluding hydrogens is 328 g/mol. The van der Waals surface area contributed by atoms with Gasteiger partial charge in [0.05, 0.1) is 19.8 Å². The minimum Gasteiger partial charge on any atom is -0.493 e. The number of anilines is 1. The van der Waals surface area contributed by atoms with E-state index in [1.807, 2.05) is 25.1 Å². The zero-order valence-electron chi connectivity index (χ0n) is 15.9. The second-order valence-corrected chi connectivity index (χ2v) is 6.76. The third kappa shape index (κ3) is 5.41. The Kier molecular flexibility index (Phi) is 6.89. The van der Waals surface area contributed by atoms with Crippen molar-refractivity contribution >= 4 is 11.6 Å². The van der Waals surface area contributed by atoms with Crippen molar-refractivity contribution in [1.29, 1.82) is 0 Å². The first-order chi connectivity index (χ1) is 12.4. The number of nitrogens with two attached hydrogens (primary N) is 1. The number of methoxy groups -OCH3 is 1. The van der Waals surface area contributed by atoms with Crippen LogP contribution >= 0.6 is 0 Å². The lowest BCUT2D eigenvalue weighted by molar-refractivity contribution is 0.0940. The van der Waals surface area contributed by atoms with E-state index < -0.39 is 0 Å². The summed E-state index contributed by atoms with van der Waals surface area (Å²) in [5, 5.41) is 2.98. The molecule has 1 amide bonds. The molecule has 0 saturated heterocycles. The molecule has 2 rings (SSSR count). The number of carbonyl (C=O) groups excluding carboxylic acids is 1. The molecule has 0 radical (unpaired) electrons. The molecule has 26 heavy (non-hydrogen) atoms. The number of benzene rings is 2. The Bertz CT molecular complexity index is 727. The minimum absolute atomic E-state index is 0.145. The molecule has 1 unspecified atom stereocenters. The van der Waals surface area contributed by atoms with Crippen LogP contribution in [0.4, 0.5) is 5.69 Å². The fourth-order valence-corrected chi connectivity index (χ4v) is 2.48. The van der Waals surface area contributed by atoms with Gasteiger partial charge in [0.1, 0.15) is 0 Å². The van der Waals surface area contributed by atoms with Crippen LogP contribution in [0.25, 0.3) is 0 Å². The number of hydrogen-bond donors (Lipinski definition) is 2. The molecule has 0 bridgehead atoms. The minimum atomic E-state index is -0.168. The fourth-order valence-electron chi connectivity index (χ4n) is 2.48. The molecule has 2 aromatic carbocycles. The lowest BCUT2D eigenvalue weighted by atomic mass is 10.1. The van der Waals surface area contributed by atoms with Crippen LogP contribution in [0.2, 0.25) is 0 Å². The van der Waals surface area contributed by atoms with Gasteiger partial charge in [0.15, 0.2) is 11.5 Å². The lowest BCUT2D eigenvalue weighted by Gasteiger charge is -2.17. The van der Waals surface area contributed by atoms with Crippen LogP contribution in [-0.4, -0.2) is 19.6 Å². The third-order valence-corrected chi connectivity index (χ3v) is 4.16. The van der Waals surface area contributed by atoms with Crippen molar-refractivity contribution in [1.82, 2.24) is 5.32 Å². The van der Waals surface area contributed by atoms with Crippen molar-refractivity contribution < 1.29 is 14.3 Å². The Morgan fingerprint density at radius 1 is 1.08 bits per heavy atom. The summed E-state index contributed by atoms with van der Waals surface area (Å²) in [5.74, 6) is 1.83. The summed E-state index contributed by atoms with van der Waals surface area (Å²) in [7, 11) is 1.62. The first-order valence-corrected chi connectivity index (χ1v) is 8.88. The maximum absolute atomic E-state index is 12.4. The largest absolute Gasteiger partial charge is 0.493 e. The number of hydrogen-bond acceptors (Lipinski definition) is 4. The maximum atomic E-state index is 12.4. The summed E-state index contributed by atoms with van der Waals surface area (Å²) < 4.78 is 11.3.